The third-order valence-electron chi connectivity index (χ3n) is 4.81. The second kappa shape index (κ2) is 9.49. The highest BCUT2D eigenvalue weighted by Crippen LogP contribution is 2.18. The summed E-state index contributed by atoms with van der Waals surface area (Å²) in [6.07, 6.45) is 1.90. The number of fused-ring (bicyclic) bond motifs is 1. The third-order valence-corrected chi connectivity index (χ3v) is 5.30. The molecule has 0 radical (unpaired) electrons. The first-order valence-electron chi connectivity index (χ1n) is 9.81. The Labute approximate surface area is 192 Å². The number of H-pyrrole nitrogens is 1. The summed E-state index contributed by atoms with van der Waals surface area (Å²) < 4.78 is 0.793. The highest BCUT2D eigenvalue weighted by Gasteiger charge is 2.12. The molecule has 3 amide bonds. The van der Waals surface area contributed by atoms with Crippen molar-refractivity contribution < 1.29 is 14.4 Å². The molecule has 0 aliphatic carbocycles. The Morgan fingerprint density at radius 2 is 1.56 bits per heavy atom. The topological polar surface area (TPSA) is 103 Å². The van der Waals surface area contributed by atoms with E-state index >= 15 is 0 Å². The average Bonchev–Trinajstić information content (AvgIpc) is 3.20. The maximum absolute atomic E-state index is 12.5. The number of carbonyl (C=O) groups excluding carboxylic acids is 3. The normalized spacial score (nSPS) is 10.5. The smallest absolute Gasteiger partial charge is 0.269 e. The molecule has 0 saturated heterocycles. The van der Waals surface area contributed by atoms with Crippen molar-refractivity contribution in [3.05, 3.63) is 100 Å². The lowest BCUT2D eigenvalue weighted by atomic mass is 10.1. The Morgan fingerprint density at radius 3 is 2.38 bits per heavy atom. The molecule has 4 rings (SSSR count). The molecule has 1 aromatic heterocycles. The number of carbonyl (C=O) groups is 3. The van der Waals surface area contributed by atoms with Crippen molar-refractivity contribution in [3.8, 4) is 0 Å². The molecule has 0 spiro atoms. The van der Waals surface area contributed by atoms with Crippen LogP contribution in [0.2, 0.25) is 0 Å². The minimum Gasteiger partial charge on any atom is -0.361 e. The average molecular weight is 491 g/mol. The van der Waals surface area contributed by atoms with Gasteiger partial charge in [-0.05, 0) is 48.0 Å². The van der Waals surface area contributed by atoms with Gasteiger partial charge in [0.05, 0.1) is 6.42 Å². The van der Waals surface area contributed by atoms with E-state index in [9.17, 15) is 14.4 Å². The standard InChI is InChI=1S/C24H19BrN4O3/c25-18-7-3-5-15(11-18)23(31)27-19-8-4-6-16(12-19)24(32)29-28-22(30)13-17-14-26-21-10-2-1-9-20(17)21/h1-12,14,26H,13H2,(H,27,31)(H,28,30)(H,29,32). The minimum absolute atomic E-state index is 0.118. The van der Waals surface area contributed by atoms with Gasteiger partial charge in [0.1, 0.15) is 0 Å². The van der Waals surface area contributed by atoms with Gasteiger partial charge in [-0.2, -0.15) is 0 Å². The molecule has 160 valence electrons. The van der Waals surface area contributed by atoms with Crippen LogP contribution in [-0.2, 0) is 11.2 Å². The number of hydrazine groups is 1. The number of para-hydroxylation sites is 1. The zero-order valence-corrected chi connectivity index (χ0v) is 18.4. The zero-order valence-electron chi connectivity index (χ0n) is 16.8. The summed E-state index contributed by atoms with van der Waals surface area (Å²) in [7, 11) is 0. The summed E-state index contributed by atoms with van der Waals surface area (Å²) in [6.45, 7) is 0. The molecule has 0 saturated carbocycles. The van der Waals surface area contributed by atoms with Crippen molar-refractivity contribution in [2.45, 2.75) is 6.42 Å². The molecule has 0 fully saturated rings. The number of anilines is 1. The molecule has 4 N–H and O–H groups in total. The molecular weight excluding hydrogens is 472 g/mol. The number of amides is 3. The maximum Gasteiger partial charge on any atom is 0.269 e. The molecule has 4 aromatic rings. The van der Waals surface area contributed by atoms with Crippen LogP contribution >= 0.6 is 15.9 Å². The number of halogens is 1. The first-order chi connectivity index (χ1) is 15.5. The Bertz CT molecular complexity index is 1320. The van der Waals surface area contributed by atoms with Crippen molar-refractivity contribution in [1.82, 2.24) is 15.8 Å². The fourth-order valence-electron chi connectivity index (χ4n) is 3.26. The molecule has 8 heteroatoms. The summed E-state index contributed by atoms with van der Waals surface area (Å²) >= 11 is 3.34. The zero-order chi connectivity index (χ0) is 22.5. The SMILES string of the molecule is O=C(Cc1c[nH]c2ccccc12)NNC(=O)c1cccc(NC(=O)c2cccc(Br)c2)c1. The highest BCUT2D eigenvalue weighted by molar-refractivity contribution is 9.10. The fourth-order valence-corrected chi connectivity index (χ4v) is 3.66. The number of aromatic amines is 1. The molecule has 3 aromatic carbocycles. The van der Waals surface area contributed by atoms with Gasteiger partial charge in [0.25, 0.3) is 11.8 Å². The molecule has 0 bridgehead atoms. The molecule has 1 heterocycles. The van der Waals surface area contributed by atoms with Gasteiger partial charge in [-0.3, -0.25) is 25.2 Å². The second-order valence-electron chi connectivity index (χ2n) is 7.08. The van der Waals surface area contributed by atoms with Gasteiger partial charge in [0.2, 0.25) is 5.91 Å². The van der Waals surface area contributed by atoms with E-state index in [1.54, 1.807) is 42.6 Å². The number of nitrogens with one attached hydrogen (secondary N) is 4. The van der Waals surface area contributed by atoms with Gasteiger partial charge >= 0.3 is 0 Å². The van der Waals surface area contributed by atoms with Crippen LogP contribution in [0.25, 0.3) is 10.9 Å². The number of hydrogen-bond donors (Lipinski definition) is 4. The van der Waals surface area contributed by atoms with Crippen LogP contribution in [0.5, 0.6) is 0 Å². The Kier molecular flexibility index (Phi) is 6.32. The van der Waals surface area contributed by atoms with Crippen LogP contribution in [0, 0.1) is 0 Å². The summed E-state index contributed by atoms with van der Waals surface area (Å²) in [6, 6.07) is 21.1. The lowest BCUT2D eigenvalue weighted by molar-refractivity contribution is -0.121. The third kappa shape index (κ3) is 5.04. The molecular formula is C24H19BrN4O3. The van der Waals surface area contributed by atoms with Crippen molar-refractivity contribution >= 4 is 50.2 Å². The van der Waals surface area contributed by atoms with Gasteiger partial charge in [-0.1, -0.05) is 46.3 Å². The van der Waals surface area contributed by atoms with Crippen LogP contribution in [0.3, 0.4) is 0 Å². The van der Waals surface area contributed by atoms with E-state index < -0.39 is 5.91 Å². The van der Waals surface area contributed by atoms with Crippen molar-refractivity contribution in [2.24, 2.45) is 0 Å². The van der Waals surface area contributed by atoms with Gasteiger partial charge in [-0.15, -0.1) is 0 Å². The number of hydrogen-bond acceptors (Lipinski definition) is 3. The van der Waals surface area contributed by atoms with Crippen molar-refractivity contribution in [3.63, 3.8) is 0 Å². The van der Waals surface area contributed by atoms with Crippen molar-refractivity contribution in [1.29, 1.82) is 0 Å². The predicted molar refractivity (Wildman–Crippen MR) is 126 cm³/mol. The molecule has 7 nitrogen and oxygen atoms in total. The highest BCUT2D eigenvalue weighted by atomic mass is 79.9. The first-order valence-corrected chi connectivity index (χ1v) is 10.6. The van der Waals surface area contributed by atoms with E-state index in [2.05, 4.69) is 37.1 Å². The van der Waals surface area contributed by atoms with Crippen LogP contribution in [-0.4, -0.2) is 22.7 Å². The lowest BCUT2D eigenvalue weighted by Gasteiger charge is -2.09. The molecule has 0 atom stereocenters. The number of rotatable bonds is 5. The van der Waals surface area contributed by atoms with Crippen LogP contribution in [0.15, 0.2) is 83.5 Å². The van der Waals surface area contributed by atoms with E-state index in [-0.39, 0.29) is 18.2 Å². The number of benzene rings is 3. The van der Waals surface area contributed by atoms with Crippen molar-refractivity contribution in [2.75, 3.05) is 5.32 Å². The monoisotopic (exact) mass is 490 g/mol. The van der Waals surface area contributed by atoms with Gasteiger partial charge in [-0.25, -0.2) is 0 Å². The van der Waals surface area contributed by atoms with E-state index in [1.165, 1.54) is 6.07 Å². The first kappa shape index (κ1) is 21.3. The van der Waals surface area contributed by atoms with Gasteiger partial charge in [0, 0.05) is 38.4 Å². The van der Waals surface area contributed by atoms with Crippen LogP contribution in [0.4, 0.5) is 5.69 Å². The lowest BCUT2D eigenvalue weighted by Crippen LogP contribution is -2.42. The molecule has 0 unspecified atom stereocenters. The summed E-state index contributed by atoms with van der Waals surface area (Å²) in [4.78, 5) is 40.3. The molecule has 0 aliphatic rings. The maximum atomic E-state index is 12.5. The summed E-state index contributed by atoms with van der Waals surface area (Å²) in [5.41, 5.74) is 7.87. The van der Waals surface area contributed by atoms with E-state index in [0.717, 1.165) is 20.9 Å². The Hall–Kier alpha value is -3.91. The Morgan fingerprint density at radius 1 is 0.812 bits per heavy atom. The number of aromatic nitrogens is 1. The van der Waals surface area contributed by atoms with E-state index in [4.69, 9.17) is 0 Å². The van der Waals surface area contributed by atoms with E-state index in [0.29, 0.717) is 16.8 Å². The second-order valence-corrected chi connectivity index (χ2v) is 8.00. The quantitative estimate of drug-likeness (QED) is 0.315. The minimum atomic E-state index is -0.490. The fraction of sp³-hybridized carbons (Fsp3) is 0.0417. The predicted octanol–water partition coefficient (Wildman–Crippen LogP) is 4.19. The van der Waals surface area contributed by atoms with Crippen LogP contribution in [0.1, 0.15) is 26.3 Å². The van der Waals surface area contributed by atoms with Gasteiger partial charge in [0.15, 0.2) is 0 Å². The van der Waals surface area contributed by atoms with Crippen LogP contribution < -0.4 is 16.2 Å². The summed E-state index contributed by atoms with van der Waals surface area (Å²) in [5, 5.41) is 3.72. The largest absolute Gasteiger partial charge is 0.361 e. The molecule has 0 aliphatic heterocycles. The summed E-state index contributed by atoms with van der Waals surface area (Å²) in [5.74, 6) is -1.13. The molecule has 32 heavy (non-hydrogen) atoms. The Balaban J connectivity index is 1.35. The van der Waals surface area contributed by atoms with E-state index in [1.807, 2.05) is 30.3 Å². The van der Waals surface area contributed by atoms with Gasteiger partial charge < -0.3 is 10.3 Å².